The largest absolute Gasteiger partial charge is 0.481 e. The van der Waals surface area contributed by atoms with E-state index < -0.39 is 5.97 Å². The summed E-state index contributed by atoms with van der Waals surface area (Å²) in [6.45, 7) is 7.26. The predicted molar refractivity (Wildman–Crippen MR) is 111 cm³/mol. The molecule has 28 heavy (non-hydrogen) atoms. The minimum Gasteiger partial charge on any atom is -0.481 e. The van der Waals surface area contributed by atoms with Crippen LogP contribution in [0.15, 0.2) is 11.6 Å². The Balaban J connectivity index is 1.65. The number of hydrogen-bond donors (Lipinski definition) is 1. The number of ketones is 1. The molecule has 0 unspecified atom stereocenters. The minimum atomic E-state index is -0.642. The van der Waals surface area contributed by atoms with Crippen LogP contribution >= 0.6 is 0 Å². The molecule has 3 nitrogen and oxygen atoms in total. The molecule has 0 aliphatic heterocycles. The molecule has 156 valence electrons. The third-order valence-electron chi connectivity index (χ3n) is 9.70. The molecule has 4 aliphatic carbocycles. The lowest BCUT2D eigenvalue weighted by Crippen LogP contribution is -2.53. The Hall–Kier alpha value is -1.12. The molecule has 4 aliphatic rings. The van der Waals surface area contributed by atoms with Crippen molar-refractivity contribution < 1.29 is 14.7 Å². The van der Waals surface area contributed by atoms with Crippen molar-refractivity contribution in [2.24, 2.45) is 40.4 Å². The maximum absolute atomic E-state index is 12.2. The molecule has 7 atom stereocenters. The Morgan fingerprint density at radius 2 is 1.93 bits per heavy atom. The Bertz CT molecular complexity index is 679. The summed E-state index contributed by atoms with van der Waals surface area (Å²) in [6.07, 6.45) is 13.6. The molecule has 4 rings (SSSR count). The summed E-state index contributed by atoms with van der Waals surface area (Å²) in [5.41, 5.74) is 2.01. The van der Waals surface area contributed by atoms with Gasteiger partial charge in [-0.1, -0.05) is 39.2 Å². The van der Waals surface area contributed by atoms with Gasteiger partial charge in [-0.05, 0) is 91.4 Å². The lowest BCUT2D eigenvalue weighted by Gasteiger charge is -2.60. The van der Waals surface area contributed by atoms with E-state index in [2.05, 4.69) is 20.8 Å². The number of fused-ring (bicyclic) bond motifs is 5. The first kappa shape index (κ1) is 20.2. The van der Waals surface area contributed by atoms with Gasteiger partial charge in [-0.2, -0.15) is 0 Å². The highest BCUT2D eigenvalue weighted by Gasteiger charge is 2.60. The normalized spacial score (nSPS) is 45.0. The number of carboxylic acid groups (broad SMARTS) is 1. The second-order valence-electron chi connectivity index (χ2n) is 10.8. The van der Waals surface area contributed by atoms with E-state index in [1.54, 1.807) is 0 Å². The van der Waals surface area contributed by atoms with Crippen LogP contribution in [0.25, 0.3) is 0 Å². The number of carboxylic acids is 1. The maximum Gasteiger partial charge on any atom is 0.303 e. The molecule has 3 heteroatoms. The van der Waals surface area contributed by atoms with Crippen molar-refractivity contribution in [3.8, 4) is 0 Å². The number of aliphatic carboxylic acids is 1. The summed E-state index contributed by atoms with van der Waals surface area (Å²) in [6, 6.07) is 0. The number of hydrogen-bond acceptors (Lipinski definition) is 2. The first-order valence-corrected chi connectivity index (χ1v) is 11.7. The predicted octanol–water partition coefficient (Wildman–Crippen LogP) is 6.03. The SMILES string of the molecule is CCC[C@@H]1CC2=CC(=O)CC[C@]2(C)[C@H]2CC[C@]3(C)[C@H](CCC(=O)O)CC[C@H]3[C@H]12. The second-order valence-corrected chi connectivity index (χ2v) is 10.8. The lowest BCUT2D eigenvalue weighted by molar-refractivity contribution is -0.138. The van der Waals surface area contributed by atoms with Crippen LogP contribution in [0.2, 0.25) is 0 Å². The molecule has 0 aromatic carbocycles. The van der Waals surface area contributed by atoms with Crippen molar-refractivity contribution in [1.29, 1.82) is 0 Å². The van der Waals surface area contributed by atoms with Gasteiger partial charge in [-0.3, -0.25) is 9.59 Å². The summed E-state index contributed by atoms with van der Waals surface area (Å²) in [7, 11) is 0. The van der Waals surface area contributed by atoms with Gasteiger partial charge in [0.25, 0.3) is 0 Å². The van der Waals surface area contributed by atoms with Gasteiger partial charge in [0.15, 0.2) is 5.78 Å². The average molecular weight is 387 g/mol. The van der Waals surface area contributed by atoms with Crippen LogP contribution in [-0.2, 0) is 9.59 Å². The van der Waals surface area contributed by atoms with Crippen LogP contribution < -0.4 is 0 Å². The Labute approximate surface area is 170 Å². The molecule has 0 radical (unpaired) electrons. The summed E-state index contributed by atoms with van der Waals surface area (Å²) in [5, 5.41) is 9.20. The topological polar surface area (TPSA) is 54.4 Å². The van der Waals surface area contributed by atoms with Crippen LogP contribution in [-0.4, -0.2) is 16.9 Å². The van der Waals surface area contributed by atoms with Gasteiger partial charge in [0.1, 0.15) is 0 Å². The van der Waals surface area contributed by atoms with Crippen molar-refractivity contribution in [2.75, 3.05) is 0 Å². The second kappa shape index (κ2) is 7.29. The third-order valence-corrected chi connectivity index (χ3v) is 9.70. The molecule has 0 spiro atoms. The number of rotatable bonds is 5. The molecular formula is C25H38O3. The fourth-order valence-corrected chi connectivity index (χ4v) is 8.25. The molecular weight excluding hydrogens is 348 g/mol. The quantitative estimate of drug-likeness (QED) is 0.628. The highest BCUT2D eigenvalue weighted by atomic mass is 16.4. The molecule has 0 amide bonds. The monoisotopic (exact) mass is 386 g/mol. The highest BCUT2D eigenvalue weighted by Crippen LogP contribution is 2.68. The van der Waals surface area contributed by atoms with Crippen molar-refractivity contribution in [1.82, 2.24) is 0 Å². The van der Waals surface area contributed by atoms with Crippen molar-refractivity contribution in [3.63, 3.8) is 0 Å². The minimum absolute atomic E-state index is 0.225. The standard InChI is InChI=1S/C25H38O3/c1-4-5-16-14-18-15-19(26)10-12-25(18,3)21-11-13-24(2)17(7-9-22(27)28)6-8-20(24)23(16)21/h15-17,20-21,23H,4-14H2,1-3H3,(H,27,28)/t16-,17+,20+,21+,23+,24-,25+/m1/s1. The van der Waals surface area contributed by atoms with E-state index in [9.17, 15) is 14.7 Å². The van der Waals surface area contributed by atoms with Gasteiger partial charge in [0.2, 0.25) is 0 Å². The molecule has 3 saturated carbocycles. The third kappa shape index (κ3) is 3.08. The molecule has 0 aromatic rings. The number of allylic oxidation sites excluding steroid dienone is 1. The van der Waals surface area contributed by atoms with E-state index in [1.165, 1.54) is 44.1 Å². The van der Waals surface area contributed by atoms with Crippen molar-refractivity contribution in [2.45, 2.75) is 91.4 Å². The van der Waals surface area contributed by atoms with Crippen molar-refractivity contribution in [3.05, 3.63) is 11.6 Å². The van der Waals surface area contributed by atoms with Crippen LogP contribution in [0.1, 0.15) is 91.4 Å². The zero-order valence-corrected chi connectivity index (χ0v) is 18.0. The molecule has 0 heterocycles. The van der Waals surface area contributed by atoms with E-state index in [-0.39, 0.29) is 5.41 Å². The van der Waals surface area contributed by atoms with Gasteiger partial charge in [0, 0.05) is 12.8 Å². The van der Waals surface area contributed by atoms with Crippen LogP contribution in [0, 0.1) is 40.4 Å². The van der Waals surface area contributed by atoms with Gasteiger partial charge >= 0.3 is 5.97 Å². The molecule has 1 N–H and O–H groups in total. The smallest absolute Gasteiger partial charge is 0.303 e. The van der Waals surface area contributed by atoms with Crippen molar-refractivity contribution >= 4 is 11.8 Å². The summed E-state index contributed by atoms with van der Waals surface area (Å²) < 4.78 is 0. The molecule has 0 saturated heterocycles. The lowest BCUT2D eigenvalue weighted by atomic mass is 9.44. The fourth-order valence-electron chi connectivity index (χ4n) is 8.25. The average Bonchev–Trinajstić information content (AvgIpc) is 2.98. The van der Waals surface area contributed by atoms with Crippen LogP contribution in [0.5, 0.6) is 0 Å². The summed E-state index contributed by atoms with van der Waals surface area (Å²) >= 11 is 0. The van der Waals surface area contributed by atoms with E-state index in [1.807, 2.05) is 6.08 Å². The Morgan fingerprint density at radius 1 is 1.14 bits per heavy atom. The Morgan fingerprint density at radius 3 is 2.64 bits per heavy atom. The first-order valence-electron chi connectivity index (χ1n) is 11.7. The first-order chi connectivity index (χ1) is 13.3. The summed E-state index contributed by atoms with van der Waals surface area (Å²) in [4.78, 5) is 23.3. The van der Waals surface area contributed by atoms with Crippen LogP contribution in [0.3, 0.4) is 0 Å². The molecule has 3 fully saturated rings. The van der Waals surface area contributed by atoms with E-state index in [0.29, 0.717) is 35.4 Å². The molecule has 0 aromatic heterocycles. The van der Waals surface area contributed by atoms with Gasteiger partial charge in [0.05, 0.1) is 0 Å². The number of carbonyl (C=O) groups is 2. The van der Waals surface area contributed by atoms with Gasteiger partial charge < -0.3 is 5.11 Å². The molecule has 0 bridgehead atoms. The van der Waals surface area contributed by atoms with E-state index >= 15 is 0 Å². The van der Waals surface area contributed by atoms with Crippen LogP contribution in [0.4, 0.5) is 0 Å². The van der Waals surface area contributed by atoms with Gasteiger partial charge in [-0.15, -0.1) is 0 Å². The van der Waals surface area contributed by atoms with E-state index in [0.717, 1.165) is 37.5 Å². The van der Waals surface area contributed by atoms with Gasteiger partial charge in [-0.25, -0.2) is 0 Å². The van der Waals surface area contributed by atoms with E-state index in [4.69, 9.17) is 0 Å². The number of carbonyl (C=O) groups excluding carboxylic acids is 1. The fraction of sp³-hybridized carbons (Fsp3) is 0.840. The highest BCUT2D eigenvalue weighted by molar-refractivity contribution is 5.91. The zero-order chi connectivity index (χ0) is 20.1. The Kier molecular flexibility index (Phi) is 5.25. The summed E-state index contributed by atoms with van der Waals surface area (Å²) in [5.74, 6) is 3.22. The zero-order valence-electron chi connectivity index (χ0n) is 18.0. The maximum atomic E-state index is 12.2.